The van der Waals surface area contributed by atoms with E-state index in [0.717, 1.165) is 18.8 Å². The second-order valence-electron chi connectivity index (χ2n) is 5.58. The van der Waals surface area contributed by atoms with Gasteiger partial charge in [-0.1, -0.05) is 33.1 Å². The van der Waals surface area contributed by atoms with Crippen LogP contribution in [0, 0.1) is 5.92 Å². The largest absolute Gasteiger partial charge is 0.394 e. The molecule has 2 nitrogen and oxygen atoms in total. The lowest BCUT2D eigenvalue weighted by Crippen LogP contribution is -2.51. The van der Waals surface area contributed by atoms with Crippen LogP contribution >= 0.6 is 0 Å². The molecule has 0 spiro atoms. The highest BCUT2D eigenvalue weighted by molar-refractivity contribution is 4.88. The molecule has 0 bridgehead atoms. The zero-order valence-electron chi connectivity index (χ0n) is 10.6. The van der Waals surface area contributed by atoms with E-state index in [-0.39, 0.29) is 12.1 Å². The van der Waals surface area contributed by atoms with Gasteiger partial charge in [-0.3, -0.25) is 0 Å². The molecule has 1 aliphatic carbocycles. The van der Waals surface area contributed by atoms with Gasteiger partial charge in [-0.2, -0.15) is 0 Å². The maximum Gasteiger partial charge on any atom is 0.0610 e. The summed E-state index contributed by atoms with van der Waals surface area (Å²) in [5.74, 6) is 0.848. The lowest BCUT2D eigenvalue weighted by molar-refractivity contribution is 0.135. The third kappa shape index (κ3) is 4.12. The highest BCUT2D eigenvalue weighted by Crippen LogP contribution is 2.26. The van der Waals surface area contributed by atoms with Crippen molar-refractivity contribution in [3.63, 3.8) is 0 Å². The van der Waals surface area contributed by atoms with E-state index in [0.29, 0.717) is 6.04 Å². The summed E-state index contributed by atoms with van der Waals surface area (Å²) in [5.41, 5.74) is -0.0591. The van der Waals surface area contributed by atoms with Crippen LogP contribution in [-0.4, -0.2) is 23.3 Å². The first-order valence-electron chi connectivity index (χ1n) is 6.48. The van der Waals surface area contributed by atoms with E-state index < -0.39 is 0 Å². The minimum Gasteiger partial charge on any atom is -0.394 e. The molecule has 2 N–H and O–H groups in total. The summed E-state index contributed by atoms with van der Waals surface area (Å²) in [7, 11) is 0. The summed E-state index contributed by atoms with van der Waals surface area (Å²) in [6.45, 7) is 6.92. The van der Waals surface area contributed by atoms with Gasteiger partial charge in [0, 0.05) is 11.6 Å². The van der Waals surface area contributed by atoms with Crippen molar-refractivity contribution in [3.05, 3.63) is 0 Å². The smallest absolute Gasteiger partial charge is 0.0610 e. The predicted octanol–water partition coefficient (Wildman–Crippen LogP) is 2.71. The Hall–Kier alpha value is -0.0800. The van der Waals surface area contributed by atoms with Crippen LogP contribution in [0.25, 0.3) is 0 Å². The molecule has 1 fully saturated rings. The molecule has 0 radical (unpaired) electrons. The van der Waals surface area contributed by atoms with Crippen molar-refractivity contribution in [2.75, 3.05) is 6.61 Å². The maximum atomic E-state index is 9.45. The molecule has 3 atom stereocenters. The van der Waals surface area contributed by atoms with E-state index in [1.807, 2.05) is 0 Å². The Labute approximate surface area is 94.5 Å². The zero-order chi connectivity index (χ0) is 11.3. The highest BCUT2D eigenvalue weighted by Gasteiger charge is 2.28. The fraction of sp³-hybridized carbons (Fsp3) is 1.00. The summed E-state index contributed by atoms with van der Waals surface area (Å²) in [6, 6.07) is 0.623. The van der Waals surface area contributed by atoms with Crippen LogP contribution in [0.15, 0.2) is 0 Å². The fourth-order valence-corrected chi connectivity index (χ4v) is 2.81. The van der Waals surface area contributed by atoms with Crippen molar-refractivity contribution < 1.29 is 5.11 Å². The number of nitrogens with one attached hydrogen (secondary N) is 1. The molecule has 0 aromatic carbocycles. The van der Waals surface area contributed by atoms with E-state index in [1.54, 1.807) is 0 Å². The number of hydrogen-bond acceptors (Lipinski definition) is 2. The average Bonchev–Trinajstić information content (AvgIpc) is 2.18. The monoisotopic (exact) mass is 213 g/mol. The van der Waals surface area contributed by atoms with Crippen molar-refractivity contribution in [1.82, 2.24) is 5.32 Å². The Kier molecular flexibility index (Phi) is 5.07. The molecule has 0 aliphatic heterocycles. The molecule has 1 saturated carbocycles. The quantitative estimate of drug-likeness (QED) is 0.736. The minimum atomic E-state index is -0.0591. The van der Waals surface area contributed by atoms with Gasteiger partial charge < -0.3 is 10.4 Å². The van der Waals surface area contributed by atoms with Crippen LogP contribution < -0.4 is 5.32 Å². The summed E-state index contributed by atoms with van der Waals surface area (Å²) >= 11 is 0. The topological polar surface area (TPSA) is 32.3 Å². The lowest BCUT2D eigenvalue weighted by atomic mass is 9.85. The first-order chi connectivity index (χ1) is 7.09. The first-order valence-corrected chi connectivity index (χ1v) is 6.48. The van der Waals surface area contributed by atoms with E-state index >= 15 is 0 Å². The lowest BCUT2D eigenvalue weighted by Gasteiger charge is -2.37. The fourth-order valence-electron chi connectivity index (χ4n) is 2.81. The van der Waals surface area contributed by atoms with Crippen molar-refractivity contribution >= 4 is 0 Å². The molecule has 0 aromatic rings. The van der Waals surface area contributed by atoms with E-state index in [2.05, 4.69) is 26.1 Å². The second-order valence-corrected chi connectivity index (χ2v) is 5.58. The molecule has 15 heavy (non-hydrogen) atoms. The Morgan fingerprint density at radius 1 is 1.40 bits per heavy atom. The van der Waals surface area contributed by atoms with Gasteiger partial charge in [0.05, 0.1) is 6.61 Å². The maximum absolute atomic E-state index is 9.45. The van der Waals surface area contributed by atoms with Crippen LogP contribution in [0.1, 0.15) is 59.3 Å². The second kappa shape index (κ2) is 5.86. The molecule has 0 heterocycles. The molecule has 1 aliphatic rings. The van der Waals surface area contributed by atoms with Crippen LogP contribution in [0.3, 0.4) is 0 Å². The summed E-state index contributed by atoms with van der Waals surface area (Å²) in [4.78, 5) is 0. The van der Waals surface area contributed by atoms with Gasteiger partial charge >= 0.3 is 0 Å². The zero-order valence-corrected chi connectivity index (χ0v) is 10.6. The minimum absolute atomic E-state index is 0.0591. The average molecular weight is 213 g/mol. The Balaban J connectivity index is 2.43. The predicted molar refractivity (Wildman–Crippen MR) is 65.0 cm³/mol. The number of aliphatic hydroxyl groups excluding tert-OH is 1. The molecular formula is C13H27NO. The van der Waals surface area contributed by atoms with E-state index in [4.69, 9.17) is 0 Å². The normalized spacial score (nSPS) is 31.2. The highest BCUT2D eigenvalue weighted by atomic mass is 16.3. The standard InChI is InChI=1S/C13H27NO/c1-4-8-13(3,10-15)14-12-7-5-6-11(2)9-12/h11-12,14-15H,4-10H2,1-3H3. The first kappa shape index (κ1) is 13.0. The molecule has 0 saturated heterocycles. The molecule has 2 heteroatoms. The molecular weight excluding hydrogens is 186 g/mol. The van der Waals surface area contributed by atoms with E-state index in [9.17, 15) is 5.11 Å². The Morgan fingerprint density at radius 3 is 2.67 bits per heavy atom. The van der Waals surface area contributed by atoms with Crippen molar-refractivity contribution in [1.29, 1.82) is 0 Å². The van der Waals surface area contributed by atoms with Gasteiger partial charge in [-0.15, -0.1) is 0 Å². The van der Waals surface area contributed by atoms with Crippen LogP contribution in [-0.2, 0) is 0 Å². The molecule has 0 aromatic heterocycles. The van der Waals surface area contributed by atoms with Gasteiger partial charge in [-0.25, -0.2) is 0 Å². The van der Waals surface area contributed by atoms with Crippen molar-refractivity contribution in [2.45, 2.75) is 70.9 Å². The SMILES string of the molecule is CCCC(C)(CO)NC1CCCC(C)C1. The molecule has 90 valence electrons. The third-order valence-corrected chi connectivity index (χ3v) is 3.64. The number of rotatable bonds is 5. The third-order valence-electron chi connectivity index (χ3n) is 3.64. The van der Waals surface area contributed by atoms with Crippen molar-refractivity contribution in [3.8, 4) is 0 Å². The molecule has 1 rings (SSSR count). The van der Waals surface area contributed by atoms with Crippen LogP contribution in [0.5, 0.6) is 0 Å². The van der Waals surface area contributed by atoms with Crippen LogP contribution in [0.4, 0.5) is 0 Å². The van der Waals surface area contributed by atoms with Gasteiger partial charge in [0.25, 0.3) is 0 Å². The summed E-state index contributed by atoms with van der Waals surface area (Å²) in [6.07, 6.45) is 7.47. The van der Waals surface area contributed by atoms with Gasteiger partial charge in [0.2, 0.25) is 0 Å². The van der Waals surface area contributed by atoms with Crippen LogP contribution in [0.2, 0.25) is 0 Å². The Morgan fingerprint density at radius 2 is 2.13 bits per heavy atom. The van der Waals surface area contributed by atoms with Gasteiger partial charge in [-0.05, 0) is 32.1 Å². The van der Waals surface area contributed by atoms with Gasteiger partial charge in [0.1, 0.15) is 0 Å². The molecule has 0 amide bonds. The Bertz CT molecular complexity index is 183. The number of hydrogen-bond donors (Lipinski definition) is 2. The van der Waals surface area contributed by atoms with Gasteiger partial charge in [0.15, 0.2) is 0 Å². The van der Waals surface area contributed by atoms with E-state index in [1.165, 1.54) is 25.7 Å². The summed E-state index contributed by atoms with van der Waals surface area (Å²) in [5, 5.41) is 13.1. The molecule has 3 unspecified atom stereocenters. The summed E-state index contributed by atoms with van der Waals surface area (Å²) < 4.78 is 0. The van der Waals surface area contributed by atoms with Crippen molar-refractivity contribution in [2.24, 2.45) is 5.92 Å². The number of aliphatic hydroxyl groups is 1.